The Bertz CT molecular complexity index is 230. The number of ether oxygens (including phenoxy) is 1. The zero-order chi connectivity index (χ0) is 8.27. The predicted molar refractivity (Wildman–Crippen MR) is 39.1 cm³/mol. The lowest BCUT2D eigenvalue weighted by atomic mass is 10.5. The van der Waals surface area contributed by atoms with E-state index in [4.69, 9.17) is 16.0 Å². The van der Waals surface area contributed by atoms with Crippen LogP contribution in [0, 0.1) is 0 Å². The molecule has 1 unspecified atom stereocenters. The minimum absolute atomic E-state index is 0.429. The van der Waals surface area contributed by atoms with Crippen molar-refractivity contribution in [3.8, 4) is 0 Å². The largest absolute Gasteiger partial charge is 0.464 e. The summed E-state index contributed by atoms with van der Waals surface area (Å²) in [6, 6.07) is 3.31. The number of hydrogen-bond acceptors (Lipinski definition) is 3. The van der Waals surface area contributed by atoms with Gasteiger partial charge in [0, 0.05) is 6.92 Å². The summed E-state index contributed by atoms with van der Waals surface area (Å²) in [5, 5.41) is 0. The number of hydrogen-bond donors (Lipinski definition) is 0. The highest BCUT2D eigenvalue weighted by atomic mass is 35.5. The van der Waals surface area contributed by atoms with E-state index in [0.717, 1.165) is 0 Å². The van der Waals surface area contributed by atoms with Gasteiger partial charge in [0.05, 0.1) is 6.26 Å². The van der Waals surface area contributed by atoms with Crippen LogP contribution in [0.15, 0.2) is 22.8 Å². The van der Waals surface area contributed by atoms with Crippen molar-refractivity contribution in [1.82, 2.24) is 0 Å². The zero-order valence-electron chi connectivity index (χ0n) is 5.91. The molecule has 3 nitrogen and oxygen atoms in total. The van der Waals surface area contributed by atoms with E-state index in [-0.39, 0.29) is 0 Å². The van der Waals surface area contributed by atoms with Crippen LogP contribution in [-0.4, -0.2) is 5.97 Å². The fourth-order valence-corrected chi connectivity index (χ4v) is 0.874. The Balaban J connectivity index is 2.56. The van der Waals surface area contributed by atoms with Crippen LogP contribution in [0.4, 0.5) is 0 Å². The van der Waals surface area contributed by atoms with Crippen molar-refractivity contribution in [2.24, 2.45) is 0 Å². The van der Waals surface area contributed by atoms with E-state index in [1.54, 1.807) is 12.1 Å². The lowest BCUT2D eigenvalue weighted by Crippen LogP contribution is -2.01. The summed E-state index contributed by atoms with van der Waals surface area (Å²) in [6.45, 7) is 1.29. The zero-order valence-corrected chi connectivity index (χ0v) is 6.67. The van der Waals surface area contributed by atoms with E-state index in [0.29, 0.717) is 5.76 Å². The van der Waals surface area contributed by atoms with Crippen LogP contribution in [0.3, 0.4) is 0 Å². The smallest absolute Gasteiger partial charge is 0.304 e. The Labute approximate surface area is 68.9 Å². The number of halogens is 1. The summed E-state index contributed by atoms with van der Waals surface area (Å²) in [4.78, 5) is 10.4. The Morgan fingerprint density at radius 1 is 1.82 bits per heavy atom. The number of alkyl halides is 1. The first-order chi connectivity index (χ1) is 5.20. The minimum Gasteiger partial charge on any atom is -0.464 e. The summed E-state index contributed by atoms with van der Waals surface area (Å²) in [5.74, 6) is 0.00302. The Morgan fingerprint density at radius 2 is 2.55 bits per heavy atom. The molecule has 0 spiro atoms. The summed E-state index contributed by atoms with van der Waals surface area (Å²) in [6.07, 6.45) is 1.47. The SMILES string of the molecule is CC(=O)OC(Cl)c1ccco1. The second-order valence-electron chi connectivity index (χ2n) is 1.94. The van der Waals surface area contributed by atoms with Crippen molar-refractivity contribution in [3.05, 3.63) is 24.2 Å². The Kier molecular flexibility index (Phi) is 2.54. The van der Waals surface area contributed by atoms with Crippen LogP contribution < -0.4 is 0 Å². The topological polar surface area (TPSA) is 39.4 Å². The molecule has 0 amide bonds. The van der Waals surface area contributed by atoms with Crippen LogP contribution in [-0.2, 0) is 9.53 Å². The molecule has 0 aliphatic heterocycles. The van der Waals surface area contributed by atoms with Crippen molar-refractivity contribution >= 4 is 17.6 Å². The summed E-state index contributed by atoms with van der Waals surface area (Å²) < 4.78 is 9.51. The van der Waals surface area contributed by atoms with Crippen LogP contribution in [0.2, 0.25) is 0 Å². The van der Waals surface area contributed by atoms with Crippen molar-refractivity contribution < 1.29 is 13.9 Å². The Morgan fingerprint density at radius 3 is 3.00 bits per heavy atom. The van der Waals surface area contributed by atoms with Crippen LogP contribution >= 0.6 is 11.6 Å². The lowest BCUT2D eigenvalue weighted by Gasteiger charge is -2.04. The number of carbonyl (C=O) groups is 1. The maximum atomic E-state index is 10.4. The van der Waals surface area contributed by atoms with Gasteiger partial charge in [0.25, 0.3) is 0 Å². The number of esters is 1. The van der Waals surface area contributed by atoms with Crippen LogP contribution in [0.1, 0.15) is 18.2 Å². The van der Waals surface area contributed by atoms with Gasteiger partial charge in [-0.05, 0) is 12.1 Å². The van der Waals surface area contributed by atoms with Crippen LogP contribution in [0.25, 0.3) is 0 Å². The quantitative estimate of drug-likeness (QED) is 0.509. The highest BCUT2D eigenvalue weighted by Crippen LogP contribution is 2.21. The molecule has 1 rings (SSSR count). The molecule has 1 heterocycles. The van der Waals surface area contributed by atoms with Crippen LogP contribution in [0.5, 0.6) is 0 Å². The molecule has 0 radical (unpaired) electrons. The molecule has 0 saturated carbocycles. The normalized spacial score (nSPS) is 12.5. The summed E-state index contributed by atoms with van der Waals surface area (Å²) in [5.41, 5.74) is -0.817. The van der Waals surface area contributed by atoms with E-state index in [9.17, 15) is 4.79 Å². The molecular formula is C7H7ClO3. The predicted octanol–water partition coefficient (Wildman–Crippen LogP) is 2.08. The summed E-state index contributed by atoms with van der Waals surface area (Å²) in [7, 11) is 0. The first-order valence-electron chi connectivity index (χ1n) is 3.05. The number of rotatable bonds is 2. The molecule has 0 aromatic carbocycles. The lowest BCUT2D eigenvalue weighted by molar-refractivity contribution is -0.143. The van der Waals surface area contributed by atoms with E-state index in [1.807, 2.05) is 0 Å². The first-order valence-corrected chi connectivity index (χ1v) is 3.48. The van der Waals surface area contributed by atoms with E-state index >= 15 is 0 Å². The van der Waals surface area contributed by atoms with Crippen molar-refractivity contribution in [1.29, 1.82) is 0 Å². The van der Waals surface area contributed by atoms with E-state index in [1.165, 1.54) is 13.2 Å². The second-order valence-corrected chi connectivity index (χ2v) is 2.34. The van der Waals surface area contributed by atoms with Gasteiger partial charge < -0.3 is 9.15 Å². The average molecular weight is 175 g/mol. The maximum absolute atomic E-state index is 10.4. The molecule has 0 aliphatic carbocycles. The highest BCUT2D eigenvalue weighted by Gasteiger charge is 2.12. The first kappa shape index (κ1) is 8.14. The molecule has 0 N–H and O–H groups in total. The van der Waals surface area contributed by atoms with Gasteiger partial charge in [-0.2, -0.15) is 0 Å². The number of carbonyl (C=O) groups excluding carboxylic acids is 1. The molecule has 1 aromatic rings. The fourth-order valence-electron chi connectivity index (χ4n) is 0.624. The molecular weight excluding hydrogens is 168 g/mol. The molecule has 0 saturated heterocycles. The minimum atomic E-state index is -0.817. The third-order valence-corrected chi connectivity index (χ3v) is 1.34. The van der Waals surface area contributed by atoms with Crippen molar-refractivity contribution in [2.45, 2.75) is 12.5 Å². The monoisotopic (exact) mass is 174 g/mol. The van der Waals surface area contributed by atoms with Gasteiger partial charge in [0.2, 0.25) is 5.56 Å². The van der Waals surface area contributed by atoms with Gasteiger partial charge in [0.15, 0.2) is 5.76 Å². The van der Waals surface area contributed by atoms with Gasteiger partial charge in [-0.15, -0.1) is 0 Å². The molecule has 0 aliphatic rings. The van der Waals surface area contributed by atoms with Gasteiger partial charge in [-0.1, -0.05) is 11.6 Å². The van der Waals surface area contributed by atoms with E-state index < -0.39 is 11.5 Å². The third-order valence-electron chi connectivity index (χ3n) is 1.04. The highest BCUT2D eigenvalue weighted by molar-refractivity contribution is 6.20. The maximum Gasteiger partial charge on any atom is 0.304 e. The number of furan rings is 1. The fraction of sp³-hybridized carbons (Fsp3) is 0.286. The van der Waals surface area contributed by atoms with Gasteiger partial charge >= 0.3 is 5.97 Å². The second kappa shape index (κ2) is 3.44. The third kappa shape index (κ3) is 2.27. The molecule has 1 atom stereocenters. The van der Waals surface area contributed by atoms with Gasteiger partial charge in [0.1, 0.15) is 0 Å². The van der Waals surface area contributed by atoms with Crippen molar-refractivity contribution in [2.75, 3.05) is 0 Å². The molecule has 11 heavy (non-hydrogen) atoms. The molecule has 60 valence electrons. The Hall–Kier alpha value is -0.960. The van der Waals surface area contributed by atoms with Gasteiger partial charge in [-0.25, -0.2) is 0 Å². The molecule has 0 bridgehead atoms. The average Bonchev–Trinajstić information content (AvgIpc) is 2.35. The molecule has 1 aromatic heterocycles. The van der Waals surface area contributed by atoms with E-state index in [2.05, 4.69) is 4.74 Å². The standard InChI is InChI=1S/C7H7ClO3/c1-5(9)11-7(8)6-3-2-4-10-6/h2-4,7H,1H3. The molecule has 0 fully saturated rings. The van der Waals surface area contributed by atoms with Gasteiger partial charge in [-0.3, -0.25) is 4.79 Å². The summed E-state index contributed by atoms with van der Waals surface area (Å²) >= 11 is 5.61. The van der Waals surface area contributed by atoms with Crippen molar-refractivity contribution in [3.63, 3.8) is 0 Å². The molecule has 4 heteroatoms.